The molecule has 0 aliphatic rings. The van der Waals surface area contributed by atoms with E-state index in [1.807, 2.05) is 37.7 Å². The Hall–Kier alpha value is -1.28. The van der Waals surface area contributed by atoms with Gasteiger partial charge in [-0.05, 0) is 37.0 Å². The van der Waals surface area contributed by atoms with E-state index >= 15 is 0 Å². The Labute approximate surface area is 150 Å². The zero-order valence-corrected chi connectivity index (χ0v) is 15.4. The fraction of sp³-hybridized carbons (Fsp3) is 0.357. The summed E-state index contributed by atoms with van der Waals surface area (Å²) in [5.74, 6) is -0.157. The second kappa shape index (κ2) is 9.12. The third kappa shape index (κ3) is 5.39. The van der Waals surface area contributed by atoms with Crippen LogP contribution in [0, 0.1) is 5.92 Å². The van der Waals surface area contributed by atoms with Gasteiger partial charge in [-0.15, -0.1) is 22.6 Å². The Morgan fingerprint density at radius 1 is 1.48 bits per heavy atom. The van der Waals surface area contributed by atoms with Gasteiger partial charge in [0.2, 0.25) is 5.91 Å². The summed E-state index contributed by atoms with van der Waals surface area (Å²) in [5.41, 5.74) is 0.681. The van der Waals surface area contributed by atoms with Crippen LogP contribution in [-0.2, 0) is 11.8 Å². The molecule has 0 fully saturated rings. The van der Waals surface area contributed by atoms with Crippen LogP contribution in [-0.4, -0.2) is 34.3 Å². The normalized spacial score (nSPS) is 11.7. The van der Waals surface area contributed by atoms with E-state index in [2.05, 4.69) is 20.8 Å². The maximum absolute atomic E-state index is 12.0. The van der Waals surface area contributed by atoms with E-state index in [0.29, 0.717) is 17.3 Å². The number of halogens is 2. The van der Waals surface area contributed by atoms with Crippen LogP contribution in [0.25, 0.3) is 0 Å². The number of anilines is 1. The number of hydrogen-bond acceptors (Lipinski definition) is 5. The monoisotopic (exact) mass is 375 g/mol. The predicted molar refractivity (Wildman–Crippen MR) is 95.5 cm³/mol. The summed E-state index contributed by atoms with van der Waals surface area (Å²) < 4.78 is 1.82. The van der Waals surface area contributed by atoms with Gasteiger partial charge in [-0.2, -0.15) is 0 Å². The SMILES string of the molecule is CNCC(C)C(=O)Nc1ccc(Sc2nncn2C)c(Cl)c1.Cl. The smallest absolute Gasteiger partial charge is 0.228 e. The molecule has 6 nitrogen and oxygen atoms in total. The number of amides is 1. The molecule has 0 bridgehead atoms. The first-order valence-corrected chi connectivity index (χ1v) is 7.97. The highest BCUT2D eigenvalue weighted by Crippen LogP contribution is 2.33. The Bertz CT molecular complexity index is 664. The molecule has 0 aliphatic heterocycles. The van der Waals surface area contributed by atoms with E-state index in [9.17, 15) is 4.79 Å². The summed E-state index contributed by atoms with van der Waals surface area (Å²) >= 11 is 7.71. The van der Waals surface area contributed by atoms with Crippen LogP contribution in [0.2, 0.25) is 5.02 Å². The summed E-state index contributed by atoms with van der Waals surface area (Å²) in [6, 6.07) is 5.43. The number of rotatable bonds is 6. The summed E-state index contributed by atoms with van der Waals surface area (Å²) in [6.45, 7) is 2.49. The maximum atomic E-state index is 12.0. The maximum Gasteiger partial charge on any atom is 0.228 e. The van der Waals surface area contributed by atoms with Crippen molar-refractivity contribution >= 4 is 47.4 Å². The molecule has 1 unspecified atom stereocenters. The minimum Gasteiger partial charge on any atom is -0.326 e. The van der Waals surface area contributed by atoms with Gasteiger partial charge in [-0.3, -0.25) is 4.79 Å². The summed E-state index contributed by atoms with van der Waals surface area (Å²) in [6.07, 6.45) is 1.63. The first-order chi connectivity index (χ1) is 10.5. The molecule has 2 aromatic rings. The molecular weight excluding hydrogens is 357 g/mol. The summed E-state index contributed by atoms with van der Waals surface area (Å²) in [4.78, 5) is 12.8. The molecule has 0 radical (unpaired) electrons. The zero-order chi connectivity index (χ0) is 16.1. The molecule has 1 atom stereocenters. The highest BCUT2D eigenvalue weighted by atomic mass is 35.5. The van der Waals surface area contributed by atoms with Crippen LogP contribution < -0.4 is 10.6 Å². The number of carbonyl (C=O) groups excluding carboxylic acids is 1. The number of benzene rings is 1. The lowest BCUT2D eigenvalue weighted by Crippen LogP contribution is -2.28. The first-order valence-electron chi connectivity index (χ1n) is 6.78. The topological polar surface area (TPSA) is 71.8 Å². The first kappa shape index (κ1) is 19.8. The van der Waals surface area contributed by atoms with Gasteiger partial charge >= 0.3 is 0 Å². The Morgan fingerprint density at radius 3 is 2.78 bits per heavy atom. The molecule has 0 saturated carbocycles. The van der Waals surface area contributed by atoms with Crippen molar-refractivity contribution in [2.75, 3.05) is 18.9 Å². The number of aromatic nitrogens is 3. The molecule has 2 N–H and O–H groups in total. The van der Waals surface area contributed by atoms with Crippen LogP contribution in [0.4, 0.5) is 5.69 Å². The van der Waals surface area contributed by atoms with Gasteiger partial charge in [-0.1, -0.05) is 18.5 Å². The zero-order valence-electron chi connectivity index (χ0n) is 13.0. The van der Waals surface area contributed by atoms with Crippen molar-refractivity contribution in [3.8, 4) is 0 Å². The highest BCUT2D eigenvalue weighted by molar-refractivity contribution is 7.99. The molecule has 1 aromatic heterocycles. The van der Waals surface area contributed by atoms with Crippen LogP contribution >= 0.6 is 35.8 Å². The van der Waals surface area contributed by atoms with Crippen LogP contribution in [0.5, 0.6) is 0 Å². The van der Waals surface area contributed by atoms with E-state index in [1.54, 1.807) is 12.4 Å². The fourth-order valence-electron chi connectivity index (χ4n) is 1.79. The number of hydrogen-bond donors (Lipinski definition) is 2. The standard InChI is InChI=1S/C14H18ClN5OS.ClH/c1-9(7-16-2)13(21)18-10-4-5-12(11(15)6-10)22-14-19-17-8-20(14)3;/h4-6,8-9,16H,7H2,1-3H3,(H,18,21);1H. The van der Waals surface area contributed by atoms with E-state index in [1.165, 1.54) is 11.8 Å². The molecule has 23 heavy (non-hydrogen) atoms. The minimum absolute atomic E-state index is 0. The van der Waals surface area contributed by atoms with E-state index in [4.69, 9.17) is 11.6 Å². The molecule has 1 amide bonds. The Balaban J connectivity index is 0.00000264. The molecule has 0 saturated heterocycles. The van der Waals surface area contributed by atoms with Gasteiger partial charge in [-0.25, -0.2) is 0 Å². The van der Waals surface area contributed by atoms with E-state index < -0.39 is 0 Å². The number of aryl methyl sites for hydroxylation is 1. The largest absolute Gasteiger partial charge is 0.326 e. The van der Waals surface area contributed by atoms with Gasteiger partial charge < -0.3 is 15.2 Å². The molecule has 1 aromatic carbocycles. The van der Waals surface area contributed by atoms with Crippen molar-refractivity contribution < 1.29 is 4.79 Å². The number of nitrogens with zero attached hydrogens (tertiary/aromatic N) is 3. The van der Waals surface area contributed by atoms with Crippen molar-refractivity contribution in [2.24, 2.45) is 13.0 Å². The lowest BCUT2D eigenvalue weighted by molar-refractivity contribution is -0.119. The molecule has 9 heteroatoms. The van der Waals surface area contributed by atoms with Gasteiger partial charge in [0.25, 0.3) is 0 Å². The molecule has 2 rings (SSSR count). The number of carbonyl (C=O) groups is 1. The van der Waals surface area contributed by atoms with Crippen LogP contribution in [0.1, 0.15) is 6.92 Å². The van der Waals surface area contributed by atoms with Crippen LogP contribution in [0.3, 0.4) is 0 Å². The van der Waals surface area contributed by atoms with Gasteiger partial charge in [0.1, 0.15) is 6.33 Å². The van der Waals surface area contributed by atoms with Crippen molar-refractivity contribution in [3.05, 3.63) is 29.5 Å². The Kier molecular flexibility index (Phi) is 7.84. The lowest BCUT2D eigenvalue weighted by atomic mass is 10.1. The quantitative estimate of drug-likeness (QED) is 0.811. The Morgan fingerprint density at radius 2 is 2.22 bits per heavy atom. The second-order valence-electron chi connectivity index (χ2n) is 4.92. The molecular formula is C14H19Cl2N5OS. The molecule has 0 aliphatic carbocycles. The number of nitrogens with one attached hydrogen (secondary N) is 2. The highest BCUT2D eigenvalue weighted by Gasteiger charge is 2.13. The van der Waals surface area contributed by atoms with Crippen LogP contribution in [0.15, 0.2) is 34.6 Å². The van der Waals surface area contributed by atoms with E-state index in [-0.39, 0.29) is 24.2 Å². The summed E-state index contributed by atoms with van der Waals surface area (Å²) in [5, 5.41) is 15.0. The second-order valence-corrected chi connectivity index (χ2v) is 6.34. The average Bonchev–Trinajstić information content (AvgIpc) is 2.87. The minimum atomic E-state index is -0.114. The van der Waals surface area contributed by atoms with Crippen molar-refractivity contribution in [1.82, 2.24) is 20.1 Å². The third-order valence-electron chi connectivity index (χ3n) is 3.03. The van der Waals surface area contributed by atoms with Gasteiger partial charge in [0.15, 0.2) is 5.16 Å². The van der Waals surface area contributed by atoms with Gasteiger partial charge in [0.05, 0.1) is 5.02 Å². The molecule has 1 heterocycles. The third-order valence-corrected chi connectivity index (χ3v) is 4.58. The average molecular weight is 376 g/mol. The van der Waals surface area contributed by atoms with Crippen molar-refractivity contribution in [2.45, 2.75) is 17.0 Å². The molecule has 126 valence electrons. The van der Waals surface area contributed by atoms with Gasteiger partial charge in [0, 0.05) is 30.1 Å². The fourth-order valence-corrected chi connectivity index (χ4v) is 2.85. The summed E-state index contributed by atoms with van der Waals surface area (Å²) in [7, 11) is 3.69. The van der Waals surface area contributed by atoms with Crippen molar-refractivity contribution in [1.29, 1.82) is 0 Å². The lowest BCUT2D eigenvalue weighted by Gasteiger charge is -2.12. The predicted octanol–water partition coefficient (Wildman–Crippen LogP) is 2.84. The molecule has 0 spiro atoms. The van der Waals surface area contributed by atoms with E-state index in [0.717, 1.165) is 10.1 Å². The van der Waals surface area contributed by atoms with Crippen molar-refractivity contribution in [3.63, 3.8) is 0 Å².